The molecule has 250 valence electrons. The number of Topliss-reactive ketones (excluding diaryl/α,β-unsaturated/α-hetero) is 1. The number of hydrogen-bond acceptors (Lipinski definition) is 13. The molecule has 0 heterocycles. The Hall–Kier alpha value is -3.43. The molecule has 3 saturated carbocycles. The van der Waals surface area contributed by atoms with Gasteiger partial charge in [0.25, 0.3) is 5.09 Å². The summed E-state index contributed by atoms with van der Waals surface area (Å²) in [6.45, 7) is 3.27. The van der Waals surface area contributed by atoms with Gasteiger partial charge in [-0.2, -0.15) is 0 Å². The number of allylic oxidation sites excluding steroid dienone is 4. The quantitative estimate of drug-likeness (QED) is 0.120. The Morgan fingerprint density at radius 1 is 1.18 bits per heavy atom. The SMILES string of the molecule is C[C@H]1C[C@H]2[C@@H]3CCC4=CC(=O)C=C[C@]4(C)[C@@]3(F)[C@@H](O)C[C@]2(C)[C@@]1(O)C(=O)COC(=O)OC[C@H](N)C(=O)OCCCCO[N+](=O)[O-]. The van der Waals surface area contributed by atoms with Gasteiger partial charge in [-0.1, -0.05) is 25.5 Å². The van der Waals surface area contributed by atoms with Crippen LogP contribution in [0.25, 0.3) is 0 Å². The number of nitrogens with two attached hydrogens (primary N) is 1. The first kappa shape index (κ1) is 34.4. The smallest absolute Gasteiger partial charge is 0.464 e. The number of nitrogens with zero attached hydrogens (tertiary/aromatic N) is 1. The van der Waals surface area contributed by atoms with E-state index in [0.717, 1.165) is 0 Å². The molecule has 15 heteroatoms. The van der Waals surface area contributed by atoms with Crippen molar-refractivity contribution in [3.8, 4) is 0 Å². The molecule has 0 aromatic heterocycles. The van der Waals surface area contributed by atoms with Gasteiger partial charge in [-0.05, 0) is 69.4 Å². The number of ether oxygens (including phenoxy) is 3. The van der Waals surface area contributed by atoms with Crippen LogP contribution in [0.2, 0.25) is 0 Å². The number of carbonyl (C=O) groups is 4. The van der Waals surface area contributed by atoms with Gasteiger partial charge in [-0.15, -0.1) is 10.1 Å². The van der Waals surface area contributed by atoms with Crippen molar-refractivity contribution in [1.82, 2.24) is 0 Å². The van der Waals surface area contributed by atoms with E-state index in [0.29, 0.717) is 24.8 Å². The molecule has 0 saturated heterocycles. The van der Waals surface area contributed by atoms with Gasteiger partial charge in [-0.25, -0.2) is 9.18 Å². The topological polar surface area (TPSA) is 215 Å². The van der Waals surface area contributed by atoms with Gasteiger partial charge < -0.3 is 35.0 Å². The van der Waals surface area contributed by atoms with E-state index in [1.54, 1.807) is 20.8 Å². The molecule has 14 nitrogen and oxygen atoms in total. The molecular weight excluding hydrogens is 599 g/mol. The highest BCUT2D eigenvalue weighted by atomic mass is 19.1. The van der Waals surface area contributed by atoms with Crippen LogP contribution in [0.3, 0.4) is 0 Å². The molecule has 0 spiro atoms. The van der Waals surface area contributed by atoms with Crippen molar-refractivity contribution < 1.29 is 57.9 Å². The highest BCUT2D eigenvalue weighted by Gasteiger charge is 2.75. The molecule has 0 radical (unpaired) electrons. The van der Waals surface area contributed by atoms with Crippen LogP contribution in [0.5, 0.6) is 0 Å². The molecule has 4 aliphatic carbocycles. The fourth-order valence-corrected chi connectivity index (χ4v) is 8.27. The van der Waals surface area contributed by atoms with Crippen LogP contribution < -0.4 is 5.73 Å². The third-order valence-corrected chi connectivity index (χ3v) is 10.6. The molecule has 4 aliphatic rings. The summed E-state index contributed by atoms with van der Waals surface area (Å²) in [7, 11) is 0. The lowest BCUT2D eigenvalue weighted by Crippen LogP contribution is -2.69. The minimum absolute atomic E-state index is 0.0877. The summed E-state index contributed by atoms with van der Waals surface area (Å²) in [6, 6.07) is -1.36. The number of unbranched alkanes of at least 4 members (excludes halogenated alkanes) is 1. The van der Waals surface area contributed by atoms with Crippen LogP contribution >= 0.6 is 0 Å². The van der Waals surface area contributed by atoms with Crippen molar-refractivity contribution in [2.45, 2.75) is 82.7 Å². The summed E-state index contributed by atoms with van der Waals surface area (Å²) < 4.78 is 32.0. The predicted molar refractivity (Wildman–Crippen MR) is 151 cm³/mol. The van der Waals surface area contributed by atoms with Gasteiger partial charge in [0.05, 0.1) is 19.3 Å². The zero-order valence-electron chi connectivity index (χ0n) is 25.6. The maximum absolute atomic E-state index is 17.3. The second kappa shape index (κ2) is 12.8. The molecule has 0 unspecified atom stereocenters. The van der Waals surface area contributed by atoms with Crippen LogP contribution in [0.4, 0.5) is 9.18 Å². The summed E-state index contributed by atoms with van der Waals surface area (Å²) in [6.07, 6.45) is 2.78. The average molecular weight is 641 g/mol. The number of alkyl halides is 1. The van der Waals surface area contributed by atoms with Gasteiger partial charge >= 0.3 is 12.1 Å². The summed E-state index contributed by atoms with van der Waals surface area (Å²) >= 11 is 0. The van der Waals surface area contributed by atoms with E-state index in [2.05, 4.69) is 4.84 Å². The van der Waals surface area contributed by atoms with Crippen LogP contribution in [-0.4, -0.2) is 88.8 Å². The molecule has 0 amide bonds. The van der Waals surface area contributed by atoms with Gasteiger partial charge in [-0.3, -0.25) is 14.4 Å². The fraction of sp³-hybridized carbons (Fsp3) is 0.733. The number of carbonyl (C=O) groups excluding carboxylic acids is 4. The molecular formula is C30H41FN2O12. The largest absolute Gasteiger partial charge is 0.508 e. The first-order chi connectivity index (χ1) is 21.0. The van der Waals surface area contributed by atoms with Gasteiger partial charge in [0.1, 0.15) is 18.2 Å². The number of aliphatic hydroxyl groups is 2. The minimum Gasteiger partial charge on any atom is -0.464 e. The lowest BCUT2D eigenvalue weighted by Gasteiger charge is -2.62. The average Bonchev–Trinajstić information content (AvgIpc) is 3.18. The van der Waals surface area contributed by atoms with Crippen LogP contribution in [0.15, 0.2) is 23.8 Å². The summed E-state index contributed by atoms with van der Waals surface area (Å²) in [4.78, 5) is 64.0. The van der Waals surface area contributed by atoms with Crippen LogP contribution in [0.1, 0.15) is 59.3 Å². The first-order valence-electron chi connectivity index (χ1n) is 15.1. The molecule has 3 fully saturated rings. The normalized spacial score (nSPS) is 37.3. The number of hydrogen-bond donors (Lipinski definition) is 3. The van der Waals surface area contributed by atoms with Crippen LogP contribution in [0, 0.1) is 38.7 Å². The highest BCUT2D eigenvalue weighted by molar-refractivity contribution is 6.01. The lowest BCUT2D eigenvalue weighted by molar-refractivity contribution is -0.757. The zero-order chi connectivity index (χ0) is 33.4. The summed E-state index contributed by atoms with van der Waals surface area (Å²) in [5.74, 6) is -3.81. The Bertz CT molecular complexity index is 1290. The number of halogens is 1. The van der Waals surface area contributed by atoms with Crippen LogP contribution in [-0.2, 0) is 33.4 Å². The molecule has 9 atom stereocenters. The third kappa shape index (κ3) is 5.85. The number of fused-ring (bicyclic) bond motifs is 5. The first-order valence-corrected chi connectivity index (χ1v) is 15.1. The van der Waals surface area contributed by atoms with E-state index in [4.69, 9.17) is 19.9 Å². The predicted octanol–water partition coefficient (Wildman–Crippen LogP) is 1.92. The molecule has 45 heavy (non-hydrogen) atoms. The minimum atomic E-state index is -2.13. The van der Waals surface area contributed by atoms with Crippen molar-refractivity contribution in [3.63, 3.8) is 0 Å². The Kier molecular flexibility index (Phi) is 9.76. The van der Waals surface area contributed by atoms with Gasteiger partial charge in [0, 0.05) is 16.7 Å². The standard InChI is InChI=1S/C30H41FN2O12/c1-17-12-21-20-7-6-18-13-19(34)8-9-27(18,2)29(20,31)23(35)14-28(21,3)30(17,39)24(36)16-44-26(38)43-15-22(32)25(37)42-10-4-5-11-45-33(40)41/h8-9,13,17,20-23,35,39H,4-7,10-12,14-16,32H2,1-3H3/t17-,20-,21-,22-,23-,27-,28-,29-,30-/m0/s1. The number of aliphatic hydroxyl groups excluding tert-OH is 1. The lowest BCUT2D eigenvalue weighted by atomic mass is 9.44. The van der Waals surface area contributed by atoms with E-state index >= 15 is 4.39 Å². The zero-order valence-corrected chi connectivity index (χ0v) is 25.6. The van der Waals surface area contributed by atoms with Gasteiger partial charge in [0.15, 0.2) is 18.1 Å². The maximum Gasteiger partial charge on any atom is 0.508 e. The second-order valence-corrected chi connectivity index (χ2v) is 13.0. The van der Waals surface area contributed by atoms with Crippen molar-refractivity contribution in [2.75, 3.05) is 26.4 Å². The van der Waals surface area contributed by atoms with Crippen molar-refractivity contribution >= 4 is 23.7 Å². The van der Waals surface area contributed by atoms with Crippen molar-refractivity contribution in [2.24, 2.45) is 34.3 Å². The number of rotatable bonds is 12. The Labute approximate surface area is 259 Å². The number of ketones is 2. The van der Waals surface area contributed by atoms with E-state index in [1.165, 1.54) is 18.2 Å². The van der Waals surface area contributed by atoms with Gasteiger partial charge in [0.2, 0.25) is 5.78 Å². The highest BCUT2D eigenvalue weighted by Crippen LogP contribution is 2.70. The monoisotopic (exact) mass is 640 g/mol. The van der Waals surface area contributed by atoms with E-state index in [-0.39, 0.29) is 38.3 Å². The maximum atomic E-state index is 17.3. The van der Waals surface area contributed by atoms with E-state index in [9.17, 15) is 39.5 Å². The molecule has 4 rings (SSSR count). The third-order valence-electron chi connectivity index (χ3n) is 10.6. The Balaban J connectivity index is 1.34. The van der Waals surface area contributed by atoms with Crippen molar-refractivity contribution in [1.29, 1.82) is 0 Å². The molecule has 0 aliphatic heterocycles. The fourth-order valence-electron chi connectivity index (χ4n) is 8.27. The van der Waals surface area contributed by atoms with Crippen molar-refractivity contribution in [3.05, 3.63) is 33.9 Å². The molecule has 0 aromatic rings. The second-order valence-electron chi connectivity index (χ2n) is 13.0. The Morgan fingerprint density at radius 2 is 1.87 bits per heavy atom. The summed E-state index contributed by atoms with van der Waals surface area (Å²) in [5.41, 5.74) is -0.365. The molecule has 0 aromatic carbocycles. The molecule has 4 N–H and O–H groups in total. The Morgan fingerprint density at radius 3 is 2.56 bits per heavy atom. The number of esters is 1. The van der Waals surface area contributed by atoms with E-state index < -0.39 is 88.2 Å². The molecule has 0 bridgehead atoms. The van der Waals surface area contributed by atoms with E-state index in [1.807, 2.05) is 0 Å². The summed E-state index contributed by atoms with van der Waals surface area (Å²) in [5, 5.41) is 32.5.